The molecule has 0 spiro atoms. The molecule has 0 aliphatic carbocycles. The van der Waals surface area contributed by atoms with Crippen molar-refractivity contribution in [2.45, 2.75) is 374 Å². The summed E-state index contributed by atoms with van der Waals surface area (Å²) in [6, 6.07) is 0. The average Bonchev–Trinajstić information content (AvgIpc) is 3.47. The highest BCUT2D eigenvalue weighted by atomic mass is 16.6. The zero-order valence-corrected chi connectivity index (χ0v) is 54.1. The van der Waals surface area contributed by atoms with Crippen LogP contribution in [0.1, 0.15) is 367 Å². The zero-order chi connectivity index (χ0) is 58.5. The molecule has 0 amide bonds. The SMILES string of the molecule is CC/C=C\C/C=C\C/C=C\C/C=C\CCCCCCCCCCCCCCCCCCCCCCC(=O)OCC(COC(=O)CCCCCCC)OC(=O)CCCCCCCCCCCCCCC/C=C\C/C=C\CCCCCCC. The second-order valence-electron chi connectivity index (χ2n) is 23.8. The van der Waals surface area contributed by atoms with Gasteiger partial charge >= 0.3 is 17.9 Å². The van der Waals surface area contributed by atoms with E-state index >= 15 is 0 Å². The fourth-order valence-electron chi connectivity index (χ4n) is 10.4. The van der Waals surface area contributed by atoms with E-state index in [0.717, 1.165) is 96.3 Å². The number of allylic oxidation sites excluding steroid dienone is 12. The molecule has 6 heteroatoms. The number of ether oxygens (including phenoxy) is 3. The maximum Gasteiger partial charge on any atom is 0.306 e. The Hall–Kier alpha value is -3.15. The lowest BCUT2D eigenvalue weighted by Crippen LogP contribution is -2.30. The minimum absolute atomic E-state index is 0.0705. The topological polar surface area (TPSA) is 78.9 Å². The Morgan fingerprint density at radius 3 is 0.753 bits per heavy atom. The van der Waals surface area contributed by atoms with Gasteiger partial charge in [-0.15, -0.1) is 0 Å². The maximum atomic E-state index is 12.9. The van der Waals surface area contributed by atoms with Gasteiger partial charge < -0.3 is 14.2 Å². The van der Waals surface area contributed by atoms with E-state index in [9.17, 15) is 14.4 Å². The highest BCUT2D eigenvalue weighted by molar-refractivity contribution is 5.71. The van der Waals surface area contributed by atoms with Crippen molar-refractivity contribution in [1.29, 1.82) is 0 Å². The Kier molecular flexibility index (Phi) is 66.6. The first-order chi connectivity index (χ1) is 40.0. The van der Waals surface area contributed by atoms with Gasteiger partial charge in [-0.2, -0.15) is 0 Å². The normalized spacial score (nSPS) is 12.5. The molecule has 0 aromatic carbocycles. The van der Waals surface area contributed by atoms with Gasteiger partial charge in [0.1, 0.15) is 13.2 Å². The quantitative estimate of drug-likeness (QED) is 0.0261. The van der Waals surface area contributed by atoms with Crippen molar-refractivity contribution >= 4 is 17.9 Å². The standard InChI is InChI=1S/C75H134O6/c1-4-7-10-13-15-17-19-21-23-25-27-29-31-33-34-35-36-37-38-39-40-42-43-45-47-49-51-53-55-57-59-62-65-68-74(77)80-71-72(70-79-73(76)67-64-61-12-9-6-3)81-75(78)69-66-63-60-58-56-54-52-50-48-46-44-41-32-30-28-26-24-22-20-18-16-14-11-8-5-2/h7,10,15,17,20-23,26-29,72H,4-6,8-9,11-14,16,18-19,24-25,30-71H2,1-3H3/b10-7-,17-15-,22-20-,23-21-,28-26-,29-27-. The number of hydrogen-bond donors (Lipinski definition) is 0. The minimum Gasteiger partial charge on any atom is -0.462 e. The van der Waals surface area contributed by atoms with Crippen LogP contribution in [-0.2, 0) is 28.6 Å². The smallest absolute Gasteiger partial charge is 0.306 e. The molecular formula is C75H134O6. The number of hydrogen-bond acceptors (Lipinski definition) is 6. The van der Waals surface area contributed by atoms with Gasteiger partial charge in [0, 0.05) is 19.3 Å². The number of unbranched alkanes of at least 4 members (excludes halogenated alkanes) is 42. The molecule has 0 fully saturated rings. The molecule has 0 aliphatic rings. The number of carbonyl (C=O) groups excluding carboxylic acids is 3. The van der Waals surface area contributed by atoms with Gasteiger partial charge in [0.25, 0.3) is 0 Å². The van der Waals surface area contributed by atoms with E-state index in [0.29, 0.717) is 19.3 Å². The third-order valence-corrected chi connectivity index (χ3v) is 15.7. The van der Waals surface area contributed by atoms with Gasteiger partial charge in [0.05, 0.1) is 0 Å². The Labute approximate surface area is 503 Å². The van der Waals surface area contributed by atoms with Crippen molar-refractivity contribution in [3.8, 4) is 0 Å². The van der Waals surface area contributed by atoms with Crippen LogP contribution in [0.25, 0.3) is 0 Å². The molecule has 0 radical (unpaired) electrons. The first kappa shape index (κ1) is 77.9. The van der Waals surface area contributed by atoms with E-state index in [2.05, 4.69) is 93.7 Å². The molecule has 0 heterocycles. The van der Waals surface area contributed by atoms with Gasteiger partial charge in [0.2, 0.25) is 0 Å². The summed E-state index contributed by atoms with van der Waals surface area (Å²) in [5, 5.41) is 0. The lowest BCUT2D eigenvalue weighted by Gasteiger charge is -2.18. The van der Waals surface area contributed by atoms with E-state index in [4.69, 9.17) is 14.2 Å². The van der Waals surface area contributed by atoms with Crippen molar-refractivity contribution in [3.05, 3.63) is 72.9 Å². The molecule has 0 aromatic rings. The van der Waals surface area contributed by atoms with Gasteiger partial charge in [-0.05, 0) is 89.9 Å². The van der Waals surface area contributed by atoms with Crippen molar-refractivity contribution in [1.82, 2.24) is 0 Å². The highest BCUT2D eigenvalue weighted by Gasteiger charge is 2.19. The molecule has 6 nitrogen and oxygen atoms in total. The summed E-state index contributed by atoms with van der Waals surface area (Å²) >= 11 is 0. The van der Waals surface area contributed by atoms with E-state index in [1.54, 1.807) is 0 Å². The van der Waals surface area contributed by atoms with E-state index in [1.165, 1.54) is 231 Å². The molecule has 0 aromatic heterocycles. The van der Waals surface area contributed by atoms with E-state index in [-0.39, 0.29) is 31.1 Å². The summed E-state index contributed by atoms with van der Waals surface area (Å²) in [4.78, 5) is 38.0. The Bertz CT molecular complexity index is 1490. The lowest BCUT2D eigenvalue weighted by molar-refractivity contribution is -0.167. The van der Waals surface area contributed by atoms with E-state index in [1.807, 2.05) is 0 Å². The highest BCUT2D eigenvalue weighted by Crippen LogP contribution is 2.18. The maximum absolute atomic E-state index is 12.9. The third kappa shape index (κ3) is 67.5. The van der Waals surface area contributed by atoms with Crippen LogP contribution in [0.15, 0.2) is 72.9 Å². The van der Waals surface area contributed by atoms with Gasteiger partial charge in [0.15, 0.2) is 6.10 Å². The summed E-state index contributed by atoms with van der Waals surface area (Å²) in [6.07, 6.45) is 91.4. The number of carbonyl (C=O) groups is 3. The van der Waals surface area contributed by atoms with Gasteiger partial charge in [-0.3, -0.25) is 14.4 Å². The fourth-order valence-corrected chi connectivity index (χ4v) is 10.4. The summed E-state index contributed by atoms with van der Waals surface area (Å²) in [6.45, 7) is 6.48. The summed E-state index contributed by atoms with van der Waals surface area (Å²) < 4.78 is 16.8. The molecule has 0 aliphatic heterocycles. The second kappa shape index (κ2) is 69.3. The van der Waals surface area contributed by atoms with Gasteiger partial charge in [-0.25, -0.2) is 0 Å². The van der Waals surface area contributed by atoms with Crippen molar-refractivity contribution in [2.75, 3.05) is 13.2 Å². The molecule has 0 bridgehead atoms. The van der Waals surface area contributed by atoms with Crippen LogP contribution in [0, 0.1) is 0 Å². The van der Waals surface area contributed by atoms with Crippen LogP contribution in [0.4, 0.5) is 0 Å². The van der Waals surface area contributed by atoms with Crippen LogP contribution < -0.4 is 0 Å². The molecule has 1 atom stereocenters. The van der Waals surface area contributed by atoms with E-state index < -0.39 is 6.10 Å². The first-order valence-corrected chi connectivity index (χ1v) is 35.4. The monoisotopic (exact) mass is 1130 g/mol. The predicted octanol–water partition coefficient (Wildman–Crippen LogP) is 24.4. The molecule has 0 saturated heterocycles. The summed E-state index contributed by atoms with van der Waals surface area (Å²) in [5.41, 5.74) is 0. The van der Waals surface area contributed by atoms with Crippen molar-refractivity contribution in [2.24, 2.45) is 0 Å². The number of rotatable bonds is 65. The molecule has 0 saturated carbocycles. The molecule has 1 unspecified atom stereocenters. The summed E-state index contributed by atoms with van der Waals surface area (Å²) in [5.74, 6) is -0.865. The van der Waals surface area contributed by atoms with Crippen LogP contribution in [0.2, 0.25) is 0 Å². The Morgan fingerprint density at radius 2 is 0.481 bits per heavy atom. The fraction of sp³-hybridized carbons (Fsp3) is 0.800. The molecular weight excluding hydrogens is 997 g/mol. The zero-order valence-electron chi connectivity index (χ0n) is 54.1. The van der Waals surface area contributed by atoms with Crippen LogP contribution in [-0.4, -0.2) is 37.2 Å². The molecule has 470 valence electrons. The molecule has 81 heavy (non-hydrogen) atoms. The Morgan fingerprint density at radius 1 is 0.259 bits per heavy atom. The van der Waals surface area contributed by atoms with Crippen molar-refractivity contribution in [3.63, 3.8) is 0 Å². The van der Waals surface area contributed by atoms with Crippen molar-refractivity contribution < 1.29 is 28.6 Å². The predicted molar refractivity (Wildman–Crippen MR) is 353 cm³/mol. The minimum atomic E-state index is -0.770. The largest absolute Gasteiger partial charge is 0.462 e. The lowest BCUT2D eigenvalue weighted by atomic mass is 10.0. The summed E-state index contributed by atoms with van der Waals surface area (Å²) in [7, 11) is 0. The average molecular weight is 1130 g/mol. The molecule has 0 N–H and O–H groups in total. The first-order valence-electron chi connectivity index (χ1n) is 35.4. The van der Waals surface area contributed by atoms with Crippen LogP contribution >= 0.6 is 0 Å². The number of esters is 3. The molecule has 0 rings (SSSR count). The third-order valence-electron chi connectivity index (χ3n) is 15.7. The van der Waals surface area contributed by atoms with Crippen LogP contribution in [0.3, 0.4) is 0 Å². The Balaban J connectivity index is 3.92. The van der Waals surface area contributed by atoms with Crippen LogP contribution in [0.5, 0.6) is 0 Å². The second-order valence-corrected chi connectivity index (χ2v) is 23.8. The van der Waals surface area contributed by atoms with Gasteiger partial charge in [-0.1, -0.05) is 331 Å².